The number of fused-ring (bicyclic) bond motifs is 7. The van der Waals surface area contributed by atoms with Gasteiger partial charge in [-0.2, -0.15) is 9.97 Å². The molecule has 0 bridgehead atoms. The third-order valence-electron chi connectivity index (χ3n) is 11.3. The van der Waals surface area contributed by atoms with Crippen molar-refractivity contribution in [2.75, 3.05) is 5.32 Å². The Labute approximate surface area is 348 Å². The van der Waals surface area contributed by atoms with Crippen LogP contribution in [0.2, 0.25) is 0 Å². The molecule has 8 aromatic carbocycles. The fourth-order valence-electron chi connectivity index (χ4n) is 8.52. The van der Waals surface area contributed by atoms with Gasteiger partial charge >= 0.3 is 0 Å². The minimum Gasteiger partial charge on any atom is -0.368 e. The maximum Gasteiger partial charge on any atom is 0.238 e. The molecular formula is C52H33N5S2. The number of hydrogen-bond acceptors (Lipinski definition) is 6. The molecule has 5 nitrogen and oxygen atoms in total. The molecule has 1 N–H and O–H groups in total. The van der Waals surface area contributed by atoms with Gasteiger partial charge in [0.1, 0.15) is 5.37 Å². The Hall–Kier alpha value is -7.06. The Bertz CT molecular complexity index is 3370. The van der Waals surface area contributed by atoms with Gasteiger partial charge in [-0.1, -0.05) is 157 Å². The molecule has 0 radical (unpaired) electrons. The quantitative estimate of drug-likeness (QED) is 0.182. The second-order valence-electron chi connectivity index (χ2n) is 14.8. The summed E-state index contributed by atoms with van der Waals surface area (Å²) < 4.78 is 4.63. The van der Waals surface area contributed by atoms with Crippen molar-refractivity contribution in [1.82, 2.24) is 19.5 Å². The Morgan fingerprint density at radius 1 is 0.441 bits per heavy atom. The Balaban J connectivity index is 1.10. The van der Waals surface area contributed by atoms with Gasteiger partial charge < -0.3 is 5.32 Å². The Morgan fingerprint density at radius 3 is 1.90 bits per heavy atom. The highest BCUT2D eigenvalue weighted by Gasteiger charge is 2.27. The summed E-state index contributed by atoms with van der Waals surface area (Å²) in [5, 5.41) is 8.63. The number of anilines is 1. The van der Waals surface area contributed by atoms with Crippen LogP contribution in [0.3, 0.4) is 0 Å². The lowest BCUT2D eigenvalue weighted by Gasteiger charge is -2.14. The van der Waals surface area contributed by atoms with Crippen molar-refractivity contribution in [3.8, 4) is 51.0 Å². The molecule has 1 aliphatic rings. The lowest BCUT2D eigenvalue weighted by molar-refractivity contribution is 0.954. The molecule has 12 rings (SSSR count). The Morgan fingerprint density at radius 2 is 1.10 bits per heavy atom. The van der Waals surface area contributed by atoms with E-state index < -0.39 is 0 Å². The number of thiophene rings is 1. The maximum absolute atomic E-state index is 5.42. The molecule has 0 amide bonds. The average Bonchev–Trinajstić information content (AvgIpc) is 4.01. The van der Waals surface area contributed by atoms with Gasteiger partial charge in [-0.15, -0.1) is 11.3 Å². The first-order valence-corrected chi connectivity index (χ1v) is 21.4. The highest BCUT2D eigenvalue weighted by atomic mass is 32.2. The topological polar surface area (TPSA) is 55.6 Å². The normalized spacial score (nSPS) is 13.7. The van der Waals surface area contributed by atoms with Crippen LogP contribution < -0.4 is 5.32 Å². The van der Waals surface area contributed by atoms with E-state index in [1.807, 2.05) is 41.3 Å². The summed E-state index contributed by atoms with van der Waals surface area (Å²) in [6.45, 7) is 0. The summed E-state index contributed by atoms with van der Waals surface area (Å²) in [4.78, 5) is 17.2. The molecular weight excluding hydrogens is 759 g/mol. The van der Waals surface area contributed by atoms with E-state index in [1.165, 1.54) is 42.7 Å². The zero-order chi connectivity index (χ0) is 38.9. The Kier molecular flexibility index (Phi) is 7.96. The number of aromatic nitrogens is 4. The van der Waals surface area contributed by atoms with Crippen molar-refractivity contribution in [3.05, 3.63) is 194 Å². The predicted octanol–water partition coefficient (Wildman–Crippen LogP) is 14.2. The number of para-hydroxylation sites is 2. The molecule has 7 heteroatoms. The second kappa shape index (κ2) is 13.8. The molecule has 0 saturated heterocycles. The maximum atomic E-state index is 5.42. The number of nitrogens with zero attached hydrogens (tertiary/aromatic N) is 4. The van der Waals surface area contributed by atoms with E-state index in [-0.39, 0.29) is 5.37 Å². The molecule has 0 aliphatic carbocycles. The van der Waals surface area contributed by atoms with Crippen molar-refractivity contribution in [1.29, 1.82) is 0 Å². The smallest absolute Gasteiger partial charge is 0.238 e. The molecule has 3 aromatic heterocycles. The van der Waals surface area contributed by atoms with E-state index >= 15 is 0 Å². The predicted molar refractivity (Wildman–Crippen MR) is 247 cm³/mol. The van der Waals surface area contributed by atoms with E-state index in [4.69, 9.17) is 15.0 Å². The number of rotatable bonds is 6. The van der Waals surface area contributed by atoms with E-state index in [0.717, 1.165) is 48.8 Å². The van der Waals surface area contributed by atoms with Crippen molar-refractivity contribution < 1.29 is 0 Å². The summed E-state index contributed by atoms with van der Waals surface area (Å²) >= 11 is 3.71. The first-order valence-electron chi connectivity index (χ1n) is 19.7. The van der Waals surface area contributed by atoms with Crippen LogP contribution in [-0.2, 0) is 0 Å². The summed E-state index contributed by atoms with van der Waals surface area (Å²) in [7, 11) is 0. The number of benzene rings is 8. The molecule has 1 aliphatic heterocycles. The third kappa shape index (κ3) is 5.73. The van der Waals surface area contributed by atoms with E-state index in [0.29, 0.717) is 17.6 Å². The summed E-state index contributed by atoms with van der Waals surface area (Å²) in [5.41, 5.74) is 11.2. The van der Waals surface area contributed by atoms with E-state index in [1.54, 1.807) is 0 Å². The molecule has 11 aromatic rings. The van der Waals surface area contributed by atoms with Crippen molar-refractivity contribution in [3.63, 3.8) is 0 Å². The minimum absolute atomic E-state index is 0.0691. The first kappa shape index (κ1) is 34.0. The fraction of sp³-hybridized carbons (Fsp3) is 0.0192. The summed E-state index contributed by atoms with van der Waals surface area (Å²) in [6, 6.07) is 66.6. The molecule has 4 heterocycles. The van der Waals surface area contributed by atoms with Gasteiger partial charge in [0.05, 0.1) is 11.0 Å². The van der Waals surface area contributed by atoms with Crippen LogP contribution in [0.1, 0.15) is 10.9 Å². The number of nitrogens with one attached hydrogen (secondary N) is 1. The second-order valence-corrected chi connectivity index (χ2v) is 17.0. The van der Waals surface area contributed by atoms with Gasteiger partial charge in [0.25, 0.3) is 0 Å². The van der Waals surface area contributed by atoms with Crippen LogP contribution in [0.25, 0.3) is 93.0 Å². The highest BCUT2D eigenvalue weighted by Crippen LogP contribution is 2.51. The van der Waals surface area contributed by atoms with Crippen LogP contribution in [0.15, 0.2) is 193 Å². The van der Waals surface area contributed by atoms with Gasteiger partial charge in [0.15, 0.2) is 11.6 Å². The minimum atomic E-state index is 0.0691. The lowest BCUT2D eigenvalue weighted by Crippen LogP contribution is -2.06. The standard InChI is InChI=1S/C52H33N5S2/c1-4-15-32(16-5-1)35-27-28-38-37-21-10-12-25-44(37)57(45(38)31-35)52-55-49(34-19-8-3-9-20-34)54-50(56-52)40-23-14-22-39-41-29-36(33-17-6-2-7-18-33)30-42(48(41)59-47(39)40)51-53-43-24-11-13-26-46(43)58-51/h1-31,51,53H. The van der Waals surface area contributed by atoms with Crippen LogP contribution in [0.5, 0.6) is 0 Å². The number of hydrogen-bond donors (Lipinski definition) is 1. The largest absolute Gasteiger partial charge is 0.368 e. The zero-order valence-corrected chi connectivity index (χ0v) is 33.2. The lowest BCUT2D eigenvalue weighted by atomic mass is 9.98. The average molecular weight is 792 g/mol. The van der Waals surface area contributed by atoms with Gasteiger partial charge in [-0.25, -0.2) is 4.98 Å². The zero-order valence-electron chi connectivity index (χ0n) is 31.6. The molecule has 1 unspecified atom stereocenters. The summed E-state index contributed by atoms with van der Waals surface area (Å²) in [6.07, 6.45) is 0. The van der Waals surface area contributed by atoms with Gasteiger partial charge in [-0.05, 0) is 64.7 Å². The third-order valence-corrected chi connectivity index (χ3v) is 13.8. The van der Waals surface area contributed by atoms with Crippen LogP contribution in [-0.4, -0.2) is 19.5 Å². The number of thioether (sulfide) groups is 1. The van der Waals surface area contributed by atoms with Crippen LogP contribution >= 0.6 is 23.1 Å². The molecule has 278 valence electrons. The SMILES string of the molecule is c1ccc(-c2cc(C3Nc4ccccc4S3)c3sc4c(-c5nc(-c6ccccc6)nc(-n6c7ccccc7c7ccc(-c8ccccc8)cc76)n5)cccc4c3c2)cc1. The molecule has 0 fully saturated rings. The summed E-state index contributed by atoms with van der Waals surface area (Å²) in [5.74, 6) is 1.85. The first-order chi connectivity index (χ1) is 29.2. The van der Waals surface area contributed by atoms with E-state index in [2.05, 4.69) is 180 Å². The monoisotopic (exact) mass is 791 g/mol. The van der Waals surface area contributed by atoms with Crippen molar-refractivity contribution in [2.24, 2.45) is 0 Å². The van der Waals surface area contributed by atoms with Gasteiger partial charge in [0, 0.05) is 58.2 Å². The fourth-order valence-corrected chi connectivity index (χ4v) is 11.1. The van der Waals surface area contributed by atoms with Gasteiger partial charge in [-0.3, -0.25) is 4.57 Å². The van der Waals surface area contributed by atoms with Crippen molar-refractivity contribution in [2.45, 2.75) is 10.3 Å². The molecule has 59 heavy (non-hydrogen) atoms. The highest BCUT2D eigenvalue weighted by molar-refractivity contribution is 8.00. The molecule has 1 atom stereocenters. The van der Waals surface area contributed by atoms with Gasteiger partial charge in [0.2, 0.25) is 5.95 Å². The van der Waals surface area contributed by atoms with E-state index in [9.17, 15) is 0 Å². The molecule has 0 saturated carbocycles. The molecule has 0 spiro atoms. The van der Waals surface area contributed by atoms with Crippen LogP contribution in [0.4, 0.5) is 5.69 Å². The van der Waals surface area contributed by atoms with Crippen LogP contribution in [0, 0.1) is 0 Å². The van der Waals surface area contributed by atoms with Crippen molar-refractivity contribution >= 4 is 70.8 Å².